The maximum absolute atomic E-state index is 5.93. The molecular weight excluding hydrogens is 280 g/mol. The Morgan fingerprint density at radius 2 is 1.91 bits per heavy atom. The number of rotatable bonds is 4. The van der Waals surface area contributed by atoms with Gasteiger partial charge >= 0.3 is 0 Å². The summed E-state index contributed by atoms with van der Waals surface area (Å²) in [7, 11) is 3.24. The van der Waals surface area contributed by atoms with E-state index in [1.807, 2.05) is 30.3 Å². The summed E-state index contributed by atoms with van der Waals surface area (Å²) in [6.07, 6.45) is 0.999. The molecule has 2 N–H and O–H groups in total. The molecule has 6 heteroatoms. The van der Waals surface area contributed by atoms with Crippen molar-refractivity contribution in [1.82, 2.24) is 10.2 Å². The third-order valence-electron chi connectivity index (χ3n) is 3.88. The fourth-order valence-corrected chi connectivity index (χ4v) is 2.64. The van der Waals surface area contributed by atoms with Crippen molar-refractivity contribution in [1.29, 1.82) is 0 Å². The van der Waals surface area contributed by atoms with Crippen LogP contribution in [-0.2, 0) is 0 Å². The summed E-state index contributed by atoms with van der Waals surface area (Å²) in [6, 6.07) is 9.88. The minimum absolute atomic E-state index is 0.229. The summed E-state index contributed by atoms with van der Waals surface area (Å²) in [4.78, 5) is 2.16. The number of nitrogens with two attached hydrogens (primary N) is 1. The third-order valence-corrected chi connectivity index (χ3v) is 3.88. The van der Waals surface area contributed by atoms with Crippen LogP contribution in [0.4, 0.5) is 5.82 Å². The lowest BCUT2D eigenvalue weighted by molar-refractivity contribution is 0.355. The fourth-order valence-electron chi connectivity index (χ4n) is 2.64. The van der Waals surface area contributed by atoms with Crippen molar-refractivity contribution in [3.05, 3.63) is 30.3 Å². The summed E-state index contributed by atoms with van der Waals surface area (Å²) in [5.41, 5.74) is 7.67. The number of ether oxygens (including phenoxy) is 2. The Morgan fingerprint density at radius 3 is 2.50 bits per heavy atom. The van der Waals surface area contributed by atoms with Gasteiger partial charge in [0, 0.05) is 24.7 Å². The van der Waals surface area contributed by atoms with Gasteiger partial charge in [0.05, 0.1) is 19.9 Å². The van der Waals surface area contributed by atoms with E-state index in [2.05, 4.69) is 15.1 Å². The quantitative estimate of drug-likeness (QED) is 0.926. The van der Waals surface area contributed by atoms with E-state index in [-0.39, 0.29) is 6.04 Å². The van der Waals surface area contributed by atoms with Crippen molar-refractivity contribution in [3.63, 3.8) is 0 Å². The van der Waals surface area contributed by atoms with Gasteiger partial charge in [-0.25, -0.2) is 0 Å². The molecule has 2 heterocycles. The van der Waals surface area contributed by atoms with Crippen LogP contribution >= 0.6 is 0 Å². The molecule has 1 saturated heterocycles. The normalized spacial score (nSPS) is 17.6. The van der Waals surface area contributed by atoms with E-state index < -0.39 is 0 Å². The summed E-state index contributed by atoms with van der Waals surface area (Å²) >= 11 is 0. The summed E-state index contributed by atoms with van der Waals surface area (Å²) in [5, 5.41) is 8.64. The van der Waals surface area contributed by atoms with Crippen LogP contribution < -0.4 is 20.1 Å². The second-order valence-electron chi connectivity index (χ2n) is 5.34. The highest BCUT2D eigenvalue weighted by atomic mass is 16.5. The zero-order valence-electron chi connectivity index (χ0n) is 12.8. The molecular formula is C16H20N4O2. The molecule has 1 unspecified atom stereocenters. The topological polar surface area (TPSA) is 73.5 Å². The summed E-state index contributed by atoms with van der Waals surface area (Å²) in [5.74, 6) is 2.25. The van der Waals surface area contributed by atoms with E-state index in [1.54, 1.807) is 14.2 Å². The number of aromatic nitrogens is 2. The number of methoxy groups -OCH3 is 2. The van der Waals surface area contributed by atoms with Crippen molar-refractivity contribution in [2.75, 3.05) is 32.2 Å². The van der Waals surface area contributed by atoms with Crippen molar-refractivity contribution in [2.45, 2.75) is 12.5 Å². The molecule has 1 aliphatic rings. The van der Waals surface area contributed by atoms with Crippen molar-refractivity contribution < 1.29 is 9.47 Å². The largest absolute Gasteiger partial charge is 0.493 e. The second-order valence-corrected chi connectivity index (χ2v) is 5.34. The van der Waals surface area contributed by atoms with Crippen molar-refractivity contribution in [3.8, 4) is 22.8 Å². The molecule has 0 spiro atoms. The highest BCUT2D eigenvalue weighted by molar-refractivity contribution is 5.64. The van der Waals surface area contributed by atoms with Crippen LogP contribution in [0.3, 0.4) is 0 Å². The van der Waals surface area contributed by atoms with E-state index in [0.29, 0.717) is 11.5 Å². The molecule has 116 valence electrons. The lowest BCUT2D eigenvalue weighted by atomic mass is 10.1. The molecule has 3 rings (SSSR count). The lowest BCUT2D eigenvalue weighted by Gasteiger charge is -2.16. The zero-order chi connectivity index (χ0) is 15.5. The van der Waals surface area contributed by atoms with Gasteiger partial charge in [-0.2, -0.15) is 0 Å². The fraction of sp³-hybridized carbons (Fsp3) is 0.375. The van der Waals surface area contributed by atoms with Gasteiger partial charge in [0.15, 0.2) is 17.3 Å². The smallest absolute Gasteiger partial charge is 0.161 e. The predicted molar refractivity (Wildman–Crippen MR) is 85.4 cm³/mol. The molecule has 2 aromatic rings. The Labute approximate surface area is 129 Å². The predicted octanol–water partition coefficient (Wildman–Crippen LogP) is 1.70. The first-order chi connectivity index (χ1) is 10.7. The van der Waals surface area contributed by atoms with Crippen LogP contribution in [0.1, 0.15) is 6.42 Å². The van der Waals surface area contributed by atoms with Gasteiger partial charge in [0.1, 0.15) is 0 Å². The number of hydrogen-bond acceptors (Lipinski definition) is 6. The minimum atomic E-state index is 0.229. The molecule has 0 aliphatic carbocycles. The van der Waals surface area contributed by atoms with Crippen LogP contribution in [0.5, 0.6) is 11.5 Å². The Balaban J connectivity index is 1.83. The van der Waals surface area contributed by atoms with E-state index >= 15 is 0 Å². The number of hydrogen-bond donors (Lipinski definition) is 1. The van der Waals surface area contributed by atoms with Gasteiger partial charge in [0.25, 0.3) is 0 Å². The van der Waals surface area contributed by atoms with Crippen molar-refractivity contribution in [2.24, 2.45) is 5.73 Å². The average Bonchev–Trinajstić information content (AvgIpc) is 3.01. The van der Waals surface area contributed by atoms with Crippen LogP contribution in [0.2, 0.25) is 0 Å². The van der Waals surface area contributed by atoms with Gasteiger partial charge < -0.3 is 20.1 Å². The highest BCUT2D eigenvalue weighted by Gasteiger charge is 2.20. The Kier molecular flexibility index (Phi) is 4.11. The van der Waals surface area contributed by atoms with E-state index in [9.17, 15) is 0 Å². The van der Waals surface area contributed by atoms with E-state index in [1.165, 1.54) is 0 Å². The average molecular weight is 300 g/mol. The summed E-state index contributed by atoms with van der Waals surface area (Å²) in [6.45, 7) is 1.77. The van der Waals surface area contributed by atoms with Crippen LogP contribution in [0, 0.1) is 0 Å². The first kappa shape index (κ1) is 14.6. The van der Waals surface area contributed by atoms with Gasteiger partial charge in [0.2, 0.25) is 0 Å². The maximum Gasteiger partial charge on any atom is 0.161 e. The van der Waals surface area contributed by atoms with E-state index in [0.717, 1.165) is 36.6 Å². The lowest BCUT2D eigenvalue weighted by Crippen LogP contribution is -2.27. The first-order valence-electron chi connectivity index (χ1n) is 7.28. The summed E-state index contributed by atoms with van der Waals surface area (Å²) < 4.78 is 10.6. The van der Waals surface area contributed by atoms with Crippen LogP contribution in [0.25, 0.3) is 11.3 Å². The molecule has 1 aliphatic heterocycles. The van der Waals surface area contributed by atoms with Gasteiger partial charge in [-0.1, -0.05) is 0 Å². The standard InChI is InChI=1S/C16H20N4O2/c1-21-14-5-3-11(9-15(14)22-2)13-4-6-16(19-18-13)20-8-7-12(17)10-20/h3-6,9,12H,7-8,10,17H2,1-2H3. The van der Waals surface area contributed by atoms with Gasteiger partial charge in [-0.15, -0.1) is 10.2 Å². The molecule has 0 amide bonds. The molecule has 1 aromatic carbocycles. The Bertz CT molecular complexity index is 645. The van der Waals surface area contributed by atoms with Crippen LogP contribution in [-0.4, -0.2) is 43.5 Å². The molecule has 22 heavy (non-hydrogen) atoms. The maximum atomic E-state index is 5.93. The molecule has 1 atom stereocenters. The monoisotopic (exact) mass is 300 g/mol. The first-order valence-corrected chi connectivity index (χ1v) is 7.28. The Morgan fingerprint density at radius 1 is 1.09 bits per heavy atom. The van der Waals surface area contributed by atoms with Gasteiger partial charge in [-0.05, 0) is 36.8 Å². The molecule has 0 radical (unpaired) electrons. The highest BCUT2D eigenvalue weighted by Crippen LogP contribution is 2.31. The Hall–Kier alpha value is -2.34. The molecule has 1 fully saturated rings. The molecule has 0 saturated carbocycles. The second kappa shape index (κ2) is 6.19. The number of nitrogens with zero attached hydrogens (tertiary/aromatic N) is 3. The molecule has 6 nitrogen and oxygen atoms in total. The number of anilines is 1. The minimum Gasteiger partial charge on any atom is -0.493 e. The third kappa shape index (κ3) is 2.82. The molecule has 1 aromatic heterocycles. The van der Waals surface area contributed by atoms with Gasteiger partial charge in [-0.3, -0.25) is 0 Å². The van der Waals surface area contributed by atoms with E-state index in [4.69, 9.17) is 15.2 Å². The zero-order valence-corrected chi connectivity index (χ0v) is 12.8. The van der Waals surface area contributed by atoms with Crippen LogP contribution in [0.15, 0.2) is 30.3 Å². The molecule has 0 bridgehead atoms. The number of benzene rings is 1. The van der Waals surface area contributed by atoms with Crippen molar-refractivity contribution >= 4 is 5.82 Å². The SMILES string of the molecule is COc1ccc(-c2ccc(N3CCC(N)C3)nn2)cc1OC.